The number of aromatic amines is 1. The Hall–Kier alpha value is -2.61. The first-order valence-electron chi connectivity index (χ1n) is 4.92. The molecule has 1 heterocycles. The Bertz CT molecular complexity index is 732. The molecule has 0 atom stereocenters. The van der Waals surface area contributed by atoms with Crippen LogP contribution in [-0.4, -0.2) is 4.98 Å². The van der Waals surface area contributed by atoms with Gasteiger partial charge < -0.3 is 4.42 Å². The van der Waals surface area contributed by atoms with Gasteiger partial charge in [0.2, 0.25) is 0 Å². The third-order valence-electron chi connectivity index (χ3n) is 2.23. The fraction of sp³-hybridized carbons (Fsp3) is 0.0833. The maximum Gasteiger partial charge on any atom is 0.419 e. The molecule has 1 aromatic carbocycles. The van der Waals surface area contributed by atoms with E-state index in [0.29, 0.717) is 16.5 Å². The molecular formula is C12H8N2O3. The highest BCUT2D eigenvalue weighted by atomic mass is 16.4. The van der Waals surface area contributed by atoms with Crippen LogP contribution in [0.15, 0.2) is 38.3 Å². The zero-order valence-corrected chi connectivity index (χ0v) is 8.77. The first-order chi connectivity index (χ1) is 8.22. The lowest BCUT2D eigenvalue weighted by molar-refractivity contribution is 0.460. The van der Waals surface area contributed by atoms with E-state index in [1.54, 1.807) is 30.4 Å². The van der Waals surface area contributed by atoms with Crippen molar-refractivity contribution in [1.29, 1.82) is 5.26 Å². The van der Waals surface area contributed by atoms with Crippen molar-refractivity contribution in [2.45, 2.75) is 6.42 Å². The molecule has 0 saturated heterocycles. The summed E-state index contributed by atoms with van der Waals surface area (Å²) in [7, 11) is 0. The lowest BCUT2D eigenvalue weighted by atomic mass is 10.1. The summed E-state index contributed by atoms with van der Waals surface area (Å²) < 4.78 is 4.47. The Morgan fingerprint density at radius 2 is 2.24 bits per heavy atom. The fourth-order valence-corrected chi connectivity index (χ4v) is 1.55. The Kier molecular flexibility index (Phi) is 2.88. The molecule has 0 aliphatic rings. The number of nitrogens with zero attached hydrogens (tertiary/aromatic N) is 1. The zero-order chi connectivity index (χ0) is 12.3. The molecule has 0 spiro atoms. The van der Waals surface area contributed by atoms with E-state index in [2.05, 4.69) is 9.40 Å². The number of hydrogen-bond donors (Lipinski definition) is 1. The molecule has 17 heavy (non-hydrogen) atoms. The van der Waals surface area contributed by atoms with Crippen LogP contribution in [0.2, 0.25) is 0 Å². The Labute approximate surface area is 95.6 Å². The van der Waals surface area contributed by atoms with Crippen LogP contribution in [-0.2, 0) is 0 Å². The van der Waals surface area contributed by atoms with Crippen molar-refractivity contribution in [2.24, 2.45) is 0 Å². The molecule has 84 valence electrons. The van der Waals surface area contributed by atoms with Gasteiger partial charge >= 0.3 is 11.4 Å². The molecular weight excluding hydrogens is 220 g/mol. The van der Waals surface area contributed by atoms with E-state index in [-0.39, 0.29) is 6.42 Å². The molecule has 0 bridgehead atoms. The number of aromatic nitrogens is 1. The third-order valence-corrected chi connectivity index (χ3v) is 2.23. The van der Waals surface area contributed by atoms with Gasteiger partial charge in [0.15, 0.2) is 0 Å². The summed E-state index contributed by atoms with van der Waals surface area (Å²) >= 11 is 0. The van der Waals surface area contributed by atoms with E-state index in [9.17, 15) is 9.59 Å². The Morgan fingerprint density at radius 3 is 3.00 bits per heavy atom. The summed E-state index contributed by atoms with van der Waals surface area (Å²) in [6, 6.07) is 7.01. The van der Waals surface area contributed by atoms with Crippen molar-refractivity contribution in [2.75, 3.05) is 0 Å². The van der Waals surface area contributed by atoms with Crippen LogP contribution in [0.3, 0.4) is 0 Å². The number of hydrogen-bond acceptors (Lipinski definition) is 4. The monoisotopic (exact) mass is 228 g/mol. The largest absolute Gasteiger partial charge is 0.419 e. The molecule has 0 saturated carbocycles. The van der Waals surface area contributed by atoms with Gasteiger partial charge in [-0.15, -0.1) is 0 Å². The average Bonchev–Trinajstić information content (AvgIpc) is 2.28. The van der Waals surface area contributed by atoms with Crippen LogP contribution >= 0.6 is 0 Å². The predicted molar refractivity (Wildman–Crippen MR) is 62.4 cm³/mol. The smallest absolute Gasteiger partial charge is 0.372 e. The minimum atomic E-state index is -0.777. The number of H-pyrrole nitrogens is 1. The third kappa shape index (κ3) is 2.16. The first kappa shape index (κ1) is 10.9. The Morgan fingerprint density at radius 1 is 1.41 bits per heavy atom. The van der Waals surface area contributed by atoms with Crippen molar-refractivity contribution in [3.63, 3.8) is 0 Å². The normalized spacial score (nSPS) is 10.8. The minimum absolute atomic E-state index is 0.255. The molecule has 0 unspecified atom stereocenters. The molecule has 2 rings (SSSR count). The number of benzene rings is 1. The molecule has 0 fully saturated rings. The van der Waals surface area contributed by atoms with Crippen LogP contribution in [0.25, 0.3) is 17.0 Å². The van der Waals surface area contributed by atoms with Gasteiger partial charge in [0, 0.05) is 0 Å². The highest BCUT2D eigenvalue weighted by molar-refractivity contribution is 5.86. The van der Waals surface area contributed by atoms with Gasteiger partial charge in [-0.25, -0.2) is 9.59 Å². The van der Waals surface area contributed by atoms with Crippen LogP contribution in [0.4, 0.5) is 0 Å². The number of rotatable bonds is 2. The SMILES string of the molecule is N#CCC=Cc1cccc2[nH]c(=O)oc(=O)c12. The van der Waals surface area contributed by atoms with E-state index in [1.807, 2.05) is 6.07 Å². The van der Waals surface area contributed by atoms with Crippen LogP contribution in [0.5, 0.6) is 0 Å². The summed E-state index contributed by atoms with van der Waals surface area (Å²) in [4.78, 5) is 25.0. The molecule has 0 radical (unpaired) electrons. The van der Waals surface area contributed by atoms with Gasteiger partial charge in [-0.3, -0.25) is 4.98 Å². The number of nitrogens with one attached hydrogen (secondary N) is 1. The van der Waals surface area contributed by atoms with Crippen molar-refractivity contribution < 1.29 is 4.42 Å². The highest BCUT2D eigenvalue weighted by Gasteiger charge is 2.05. The predicted octanol–water partition coefficient (Wildman–Crippen LogP) is 1.41. The first-order valence-corrected chi connectivity index (χ1v) is 4.92. The molecule has 5 nitrogen and oxygen atoms in total. The van der Waals surface area contributed by atoms with E-state index < -0.39 is 11.4 Å². The number of nitriles is 1. The zero-order valence-electron chi connectivity index (χ0n) is 8.77. The Balaban J connectivity index is 2.70. The van der Waals surface area contributed by atoms with Gasteiger partial charge in [0.05, 0.1) is 23.4 Å². The number of fused-ring (bicyclic) bond motifs is 1. The maximum absolute atomic E-state index is 11.6. The van der Waals surface area contributed by atoms with Gasteiger partial charge in [0.25, 0.3) is 0 Å². The van der Waals surface area contributed by atoms with Crippen molar-refractivity contribution in [3.8, 4) is 6.07 Å². The van der Waals surface area contributed by atoms with Gasteiger partial charge in [0.1, 0.15) is 0 Å². The van der Waals surface area contributed by atoms with Crippen molar-refractivity contribution in [3.05, 3.63) is 50.8 Å². The second-order valence-corrected chi connectivity index (χ2v) is 3.34. The quantitative estimate of drug-likeness (QED) is 0.841. The lowest BCUT2D eigenvalue weighted by Crippen LogP contribution is -2.15. The molecule has 0 amide bonds. The highest BCUT2D eigenvalue weighted by Crippen LogP contribution is 2.13. The summed E-state index contributed by atoms with van der Waals surface area (Å²) in [5.41, 5.74) is 0.356. The lowest BCUT2D eigenvalue weighted by Gasteiger charge is -1.98. The number of allylic oxidation sites excluding steroid dienone is 1. The van der Waals surface area contributed by atoms with E-state index in [1.165, 1.54) is 0 Å². The molecule has 2 aromatic rings. The van der Waals surface area contributed by atoms with Gasteiger partial charge in [-0.05, 0) is 11.6 Å². The summed E-state index contributed by atoms with van der Waals surface area (Å²) in [5.74, 6) is -0.777. The maximum atomic E-state index is 11.6. The summed E-state index contributed by atoms with van der Waals surface area (Å²) in [6.45, 7) is 0. The van der Waals surface area contributed by atoms with Gasteiger partial charge in [-0.2, -0.15) is 5.26 Å². The molecule has 5 heteroatoms. The minimum Gasteiger partial charge on any atom is -0.372 e. The van der Waals surface area contributed by atoms with Crippen LogP contribution < -0.4 is 11.4 Å². The second kappa shape index (κ2) is 4.49. The van der Waals surface area contributed by atoms with E-state index in [4.69, 9.17) is 5.26 Å². The second-order valence-electron chi connectivity index (χ2n) is 3.34. The van der Waals surface area contributed by atoms with Crippen molar-refractivity contribution in [1.82, 2.24) is 4.98 Å². The summed E-state index contributed by atoms with van der Waals surface area (Å²) in [6.07, 6.45) is 3.55. The summed E-state index contributed by atoms with van der Waals surface area (Å²) in [5, 5.41) is 8.73. The van der Waals surface area contributed by atoms with E-state index >= 15 is 0 Å². The van der Waals surface area contributed by atoms with Crippen molar-refractivity contribution >= 4 is 17.0 Å². The molecule has 0 aliphatic heterocycles. The molecule has 1 N–H and O–H groups in total. The van der Waals surface area contributed by atoms with Gasteiger partial charge in [-0.1, -0.05) is 24.3 Å². The average molecular weight is 228 g/mol. The van der Waals surface area contributed by atoms with Crippen LogP contribution in [0.1, 0.15) is 12.0 Å². The standard InChI is InChI=1S/C12H8N2O3/c13-7-2-1-4-8-5-3-6-9-10(8)11(15)17-12(16)14-9/h1,3-6H,2H2,(H,14,16). The molecule has 0 aliphatic carbocycles. The van der Waals surface area contributed by atoms with Crippen LogP contribution in [0, 0.1) is 11.3 Å². The fourth-order valence-electron chi connectivity index (χ4n) is 1.55. The van der Waals surface area contributed by atoms with E-state index in [0.717, 1.165) is 0 Å². The topological polar surface area (TPSA) is 86.9 Å². The molecule has 1 aromatic heterocycles.